The smallest absolute Gasteiger partial charge is 0.229 e. The molecule has 1 aliphatic heterocycles. The Bertz CT molecular complexity index is 1170. The van der Waals surface area contributed by atoms with Crippen LogP contribution >= 0.6 is 0 Å². The predicted molar refractivity (Wildman–Crippen MR) is 120 cm³/mol. The molecule has 1 aliphatic carbocycles. The molecule has 3 aromatic rings. The van der Waals surface area contributed by atoms with Gasteiger partial charge in [-0.3, -0.25) is 0 Å². The zero-order chi connectivity index (χ0) is 21.9. The van der Waals surface area contributed by atoms with Crippen LogP contribution in [0.4, 0.5) is 21.8 Å². The van der Waals surface area contributed by atoms with E-state index in [1.165, 1.54) is 12.1 Å². The van der Waals surface area contributed by atoms with E-state index in [2.05, 4.69) is 22.0 Å². The van der Waals surface area contributed by atoms with Gasteiger partial charge in [0.05, 0.1) is 11.3 Å². The van der Waals surface area contributed by atoms with Gasteiger partial charge in [-0.25, -0.2) is 9.37 Å². The minimum Gasteiger partial charge on any atom is -0.491 e. The van der Waals surface area contributed by atoms with Crippen LogP contribution < -0.4 is 20.7 Å². The van der Waals surface area contributed by atoms with Crippen molar-refractivity contribution in [3.05, 3.63) is 70.7 Å². The second-order valence-corrected chi connectivity index (χ2v) is 7.88. The van der Waals surface area contributed by atoms with Crippen molar-refractivity contribution >= 4 is 17.5 Å². The van der Waals surface area contributed by atoms with E-state index in [-0.39, 0.29) is 11.7 Å². The SMILES string of the molecule is N#Cc1ccc2cc1OCCNCCNc1nc(nc3c1CCC3c1ccc(F)cc1)N2. The molecule has 3 N–H and O–H groups in total. The highest BCUT2D eigenvalue weighted by molar-refractivity contribution is 5.63. The van der Waals surface area contributed by atoms with Crippen molar-refractivity contribution in [2.75, 3.05) is 36.9 Å². The van der Waals surface area contributed by atoms with Crippen molar-refractivity contribution in [1.29, 1.82) is 5.26 Å². The second-order valence-electron chi connectivity index (χ2n) is 7.88. The second kappa shape index (κ2) is 8.81. The first kappa shape index (κ1) is 20.2. The Morgan fingerprint density at radius 1 is 1.06 bits per heavy atom. The van der Waals surface area contributed by atoms with Gasteiger partial charge < -0.3 is 20.7 Å². The van der Waals surface area contributed by atoms with Crippen LogP contribution in [0.3, 0.4) is 0 Å². The maximum atomic E-state index is 13.5. The van der Waals surface area contributed by atoms with Crippen molar-refractivity contribution in [3.8, 4) is 11.8 Å². The number of hydrogen-bond donors (Lipinski definition) is 3. The van der Waals surface area contributed by atoms with Gasteiger partial charge in [0.15, 0.2) is 0 Å². The van der Waals surface area contributed by atoms with Crippen LogP contribution in [-0.4, -0.2) is 36.2 Å². The van der Waals surface area contributed by atoms with Crippen LogP contribution in [0.25, 0.3) is 0 Å². The highest BCUT2D eigenvalue weighted by atomic mass is 19.1. The molecule has 8 heteroatoms. The largest absolute Gasteiger partial charge is 0.491 e. The van der Waals surface area contributed by atoms with Crippen LogP contribution in [0.1, 0.15) is 34.7 Å². The lowest BCUT2D eigenvalue weighted by Crippen LogP contribution is -2.27. The lowest BCUT2D eigenvalue weighted by Gasteiger charge is -2.17. The molecule has 0 spiro atoms. The van der Waals surface area contributed by atoms with Gasteiger partial charge in [0, 0.05) is 42.9 Å². The van der Waals surface area contributed by atoms with Crippen LogP contribution in [-0.2, 0) is 6.42 Å². The molecule has 1 aromatic heterocycles. The molecule has 162 valence electrons. The fourth-order valence-corrected chi connectivity index (χ4v) is 4.25. The fraction of sp³-hybridized carbons (Fsp3) is 0.292. The summed E-state index contributed by atoms with van der Waals surface area (Å²) in [5.41, 5.74) is 4.34. The molecule has 0 amide bonds. The normalized spacial score (nSPS) is 17.7. The molecule has 2 aromatic carbocycles. The monoisotopic (exact) mass is 430 g/mol. The Hall–Kier alpha value is -3.70. The average Bonchev–Trinajstić information content (AvgIpc) is 3.23. The summed E-state index contributed by atoms with van der Waals surface area (Å²) >= 11 is 0. The van der Waals surface area contributed by atoms with E-state index in [0.717, 1.165) is 47.7 Å². The third-order valence-corrected chi connectivity index (χ3v) is 5.81. The van der Waals surface area contributed by atoms with Gasteiger partial charge in [-0.15, -0.1) is 0 Å². The first-order chi connectivity index (χ1) is 15.7. The summed E-state index contributed by atoms with van der Waals surface area (Å²) in [6, 6.07) is 14.2. The van der Waals surface area contributed by atoms with Gasteiger partial charge in [0.2, 0.25) is 5.95 Å². The van der Waals surface area contributed by atoms with Gasteiger partial charge in [-0.2, -0.15) is 10.2 Å². The minimum absolute atomic E-state index is 0.0894. The fourth-order valence-electron chi connectivity index (χ4n) is 4.25. The Kier molecular flexibility index (Phi) is 5.57. The Morgan fingerprint density at radius 3 is 2.78 bits per heavy atom. The standard InChI is InChI=1S/C24H23FN6O/c25-17-4-1-15(2-5-17)19-7-8-20-22(19)30-24-29-18-6-3-16(14-26)21(13-18)32-12-11-27-9-10-28-23(20)31-24/h1-6,13,19,27H,7-12H2,(H2,28,29,30,31). The summed E-state index contributed by atoms with van der Waals surface area (Å²) in [4.78, 5) is 9.60. The lowest BCUT2D eigenvalue weighted by molar-refractivity contribution is 0.314. The van der Waals surface area contributed by atoms with Gasteiger partial charge in [-0.05, 0) is 42.7 Å². The van der Waals surface area contributed by atoms with Crippen molar-refractivity contribution in [3.63, 3.8) is 0 Å². The molecule has 0 saturated carbocycles. The molecule has 2 aliphatic rings. The van der Waals surface area contributed by atoms with Crippen LogP contribution in [0.15, 0.2) is 42.5 Å². The summed E-state index contributed by atoms with van der Waals surface area (Å²) in [6.45, 7) is 2.59. The van der Waals surface area contributed by atoms with Crippen molar-refractivity contribution in [2.24, 2.45) is 0 Å². The number of benzene rings is 2. The van der Waals surface area contributed by atoms with E-state index in [0.29, 0.717) is 37.0 Å². The average molecular weight is 430 g/mol. The summed E-state index contributed by atoms with van der Waals surface area (Å²) in [5.74, 6) is 1.67. The number of ether oxygens (including phenoxy) is 1. The Morgan fingerprint density at radius 2 is 1.94 bits per heavy atom. The molecule has 7 nitrogen and oxygen atoms in total. The van der Waals surface area contributed by atoms with E-state index < -0.39 is 0 Å². The number of nitrogens with one attached hydrogen (secondary N) is 3. The highest BCUT2D eigenvalue weighted by Crippen LogP contribution is 2.40. The van der Waals surface area contributed by atoms with E-state index in [1.807, 2.05) is 18.2 Å². The number of hydrogen-bond acceptors (Lipinski definition) is 7. The lowest BCUT2D eigenvalue weighted by atomic mass is 9.97. The van der Waals surface area contributed by atoms with Crippen LogP contribution in [0.2, 0.25) is 0 Å². The Labute approximate surface area is 185 Å². The number of aromatic nitrogens is 2. The molecule has 1 unspecified atom stereocenters. The number of halogens is 1. The molecule has 2 heterocycles. The van der Waals surface area contributed by atoms with Gasteiger partial charge >= 0.3 is 0 Å². The minimum atomic E-state index is -0.243. The number of nitrogens with zero attached hydrogens (tertiary/aromatic N) is 3. The number of fused-ring (bicyclic) bond motifs is 6. The molecule has 0 saturated heterocycles. The van der Waals surface area contributed by atoms with Crippen molar-refractivity contribution < 1.29 is 9.13 Å². The van der Waals surface area contributed by atoms with E-state index in [1.54, 1.807) is 12.1 Å². The maximum Gasteiger partial charge on any atom is 0.229 e. The Balaban J connectivity index is 1.55. The molecular weight excluding hydrogens is 407 g/mol. The van der Waals surface area contributed by atoms with Gasteiger partial charge in [-0.1, -0.05) is 12.1 Å². The molecule has 4 bridgehead atoms. The third-order valence-electron chi connectivity index (χ3n) is 5.81. The summed E-state index contributed by atoms with van der Waals surface area (Å²) in [7, 11) is 0. The van der Waals surface area contributed by atoms with Gasteiger partial charge in [0.1, 0.15) is 30.1 Å². The number of anilines is 3. The van der Waals surface area contributed by atoms with Crippen molar-refractivity contribution in [1.82, 2.24) is 15.3 Å². The third kappa shape index (κ3) is 4.07. The molecule has 1 atom stereocenters. The highest BCUT2D eigenvalue weighted by Gasteiger charge is 2.29. The number of nitriles is 1. The van der Waals surface area contributed by atoms with Crippen LogP contribution in [0.5, 0.6) is 5.75 Å². The molecule has 0 fully saturated rings. The zero-order valence-corrected chi connectivity index (χ0v) is 17.5. The van der Waals surface area contributed by atoms with E-state index in [4.69, 9.17) is 14.7 Å². The topological polar surface area (TPSA) is 94.9 Å². The van der Waals surface area contributed by atoms with Crippen molar-refractivity contribution in [2.45, 2.75) is 18.8 Å². The molecule has 5 rings (SSSR count). The maximum absolute atomic E-state index is 13.5. The first-order valence-corrected chi connectivity index (χ1v) is 10.8. The zero-order valence-electron chi connectivity index (χ0n) is 17.5. The van der Waals surface area contributed by atoms with Crippen LogP contribution in [0, 0.1) is 17.1 Å². The van der Waals surface area contributed by atoms with E-state index >= 15 is 0 Å². The van der Waals surface area contributed by atoms with Gasteiger partial charge in [0.25, 0.3) is 0 Å². The summed E-state index contributed by atoms with van der Waals surface area (Å²) < 4.78 is 19.3. The molecule has 0 radical (unpaired) electrons. The quantitative estimate of drug-likeness (QED) is 0.542. The van der Waals surface area contributed by atoms with E-state index in [9.17, 15) is 9.65 Å². The summed E-state index contributed by atoms with van der Waals surface area (Å²) in [6.07, 6.45) is 1.77. The first-order valence-electron chi connectivity index (χ1n) is 10.8. The number of rotatable bonds is 1. The predicted octanol–water partition coefficient (Wildman–Crippen LogP) is 3.70. The molecule has 32 heavy (non-hydrogen) atoms. The summed E-state index contributed by atoms with van der Waals surface area (Å²) in [5, 5.41) is 19.4. The molecular formula is C24H23FN6O.